The number of hydrogen-bond acceptors (Lipinski definition) is 3. The first-order chi connectivity index (χ1) is 8.54. The first-order valence-electron chi connectivity index (χ1n) is 6.24. The Hall–Kier alpha value is -1.48. The zero-order chi connectivity index (χ0) is 13.5. The number of carbonyl (C=O) groups excluding carboxylic acids is 2. The van der Waals surface area contributed by atoms with E-state index in [0.29, 0.717) is 25.2 Å². The molecule has 0 fully saturated rings. The van der Waals surface area contributed by atoms with Crippen LogP contribution in [0.2, 0.25) is 0 Å². The standard InChI is InChI=1S/C15H20O3/c1-4-18-8-7-14(16)10-15(17)13-6-5-11(2)12(3)9-13/h5-6,9H,4,7-8,10H2,1-3H3. The maximum Gasteiger partial charge on any atom is 0.170 e. The number of rotatable bonds is 7. The molecule has 0 saturated heterocycles. The van der Waals surface area contributed by atoms with Gasteiger partial charge in [0.2, 0.25) is 0 Å². The lowest BCUT2D eigenvalue weighted by Crippen LogP contribution is -2.11. The number of carbonyl (C=O) groups is 2. The summed E-state index contributed by atoms with van der Waals surface area (Å²) in [5.74, 6) is -0.175. The van der Waals surface area contributed by atoms with Crippen LogP contribution in [0.15, 0.2) is 18.2 Å². The molecule has 18 heavy (non-hydrogen) atoms. The van der Waals surface area contributed by atoms with E-state index in [9.17, 15) is 9.59 Å². The van der Waals surface area contributed by atoms with Crippen LogP contribution in [-0.2, 0) is 9.53 Å². The molecule has 0 aromatic heterocycles. The Labute approximate surface area is 108 Å². The van der Waals surface area contributed by atoms with Crippen LogP contribution in [0, 0.1) is 13.8 Å². The molecule has 0 aliphatic rings. The SMILES string of the molecule is CCOCCC(=O)CC(=O)c1ccc(C)c(C)c1. The zero-order valence-electron chi connectivity index (χ0n) is 11.3. The number of ether oxygens (including phenoxy) is 1. The molecule has 3 nitrogen and oxygen atoms in total. The normalized spacial score (nSPS) is 10.4. The lowest BCUT2D eigenvalue weighted by atomic mass is 10.0. The van der Waals surface area contributed by atoms with Gasteiger partial charge in [-0.25, -0.2) is 0 Å². The highest BCUT2D eigenvalue weighted by Crippen LogP contribution is 2.12. The van der Waals surface area contributed by atoms with Crippen LogP contribution in [0.5, 0.6) is 0 Å². The van der Waals surface area contributed by atoms with E-state index in [-0.39, 0.29) is 18.0 Å². The lowest BCUT2D eigenvalue weighted by molar-refractivity contribution is -0.119. The molecule has 0 heterocycles. The van der Waals surface area contributed by atoms with Crippen LogP contribution in [0.1, 0.15) is 41.3 Å². The fourth-order valence-corrected chi connectivity index (χ4v) is 1.61. The number of aryl methyl sites for hydroxylation is 2. The number of Topliss-reactive ketones (excluding diaryl/α,β-unsaturated/α-hetero) is 2. The topological polar surface area (TPSA) is 43.4 Å². The van der Waals surface area contributed by atoms with Crippen molar-refractivity contribution in [1.29, 1.82) is 0 Å². The summed E-state index contributed by atoms with van der Waals surface area (Å²) in [6, 6.07) is 5.53. The molecule has 98 valence electrons. The number of benzene rings is 1. The van der Waals surface area contributed by atoms with E-state index in [2.05, 4.69) is 0 Å². The summed E-state index contributed by atoms with van der Waals surface area (Å²) in [5.41, 5.74) is 2.83. The third-order valence-electron chi connectivity index (χ3n) is 2.92. The van der Waals surface area contributed by atoms with Crippen molar-refractivity contribution in [2.24, 2.45) is 0 Å². The molecule has 0 amide bonds. The van der Waals surface area contributed by atoms with Gasteiger partial charge in [0.1, 0.15) is 5.78 Å². The van der Waals surface area contributed by atoms with E-state index in [4.69, 9.17) is 4.74 Å². The van der Waals surface area contributed by atoms with E-state index in [1.807, 2.05) is 32.9 Å². The number of hydrogen-bond donors (Lipinski definition) is 0. The van der Waals surface area contributed by atoms with Crippen molar-refractivity contribution >= 4 is 11.6 Å². The Morgan fingerprint density at radius 2 is 1.89 bits per heavy atom. The average Bonchev–Trinajstić information content (AvgIpc) is 2.33. The van der Waals surface area contributed by atoms with Gasteiger partial charge in [0.05, 0.1) is 13.0 Å². The predicted molar refractivity (Wildman–Crippen MR) is 71.0 cm³/mol. The lowest BCUT2D eigenvalue weighted by Gasteiger charge is -2.04. The molecule has 1 aromatic rings. The molecular formula is C15H20O3. The van der Waals surface area contributed by atoms with Crippen molar-refractivity contribution < 1.29 is 14.3 Å². The van der Waals surface area contributed by atoms with Gasteiger partial charge in [0.15, 0.2) is 5.78 Å². The predicted octanol–water partition coefficient (Wildman–Crippen LogP) is 2.87. The summed E-state index contributed by atoms with van der Waals surface area (Å²) in [4.78, 5) is 23.4. The first kappa shape index (κ1) is 14.6. The summed E-state index contributed by atoms with van der Waals surface area (Å²) in [6.45, 7) is 6.83. The maximum atomic E-state index is 11.9. The molecule has 0 aliphatic heterocycles. The van der Waals surface area contributed by atoms with Crippen LogP contribution < -0.4 is 0 Å². The van der Waals surface area contributed by atoms with Gasteiger partial charge in [-0.2, -0.15) is 0 Å². The van der Waals surface area contributed by atoms with E-state index < -0.39 is 0 Å². The molecule has 0 bridgehead atoms. The van der Waals surface area contributed by atoms with Crippen LogP contribution >= 0.6 is 0 Å². The summed E-state index contributed by atoms with van der Waals surface area (Å²) in [6.07, 6.45) is 0.278. The van der Waals surface area contributed by atoms with Crippen LogP contribution in [0.3, 0.4) is 0 Å². The highest BCUT2D eigenvalue weighted by Gasteiger charge is 2.12. The van der Waals surface area contributed by atoms with Gasteiger partial charge in [-0.3, -0.25) is 9.59 Å². The van der Waals surface area contributed by atoms with Crippen LogP contribution in [0.4, 0.5) is 0 Å². The smallest absolute Gasteiger partial charge is 0.170 e. The van der Waals surface area contributed by atoms with Gasteiger partial charge in [-0.1, -0.05) is 12.1 Å². The van der Waals surface area contributed by atoms with E-state index in [1.165, 1.54) is 0 Å². The first-order valence-corrected chi connectivity index (χ1v) is 6.24. The summed E-state index contributed by atoms with van der Waals surface area (Å²) in [5, 5.41) is 0. The third kappa shape index (κ3) is 4.41. The Morgan fingerprint density at radius 3 is 2.50 bits per heavy atom. The Kier molecular flexibility index (Phi) is 5.72. The highest BCUT2D eigenvalue weighted by atomic mass is 16.5. The molecule has 1 rings (SSSR count). The molecule has 1 aromatic carbocycles. The highest BCUT2D eigenvalue weighted by molar-refractivity contribution is 6.08. The van der Waals surface area contributed by atoms with E-state index in [1.54, 1.807) is 6.07 Å². The van der Waals surface area contributed by atoms with E-state index >= 15 is 0 Å². The number of ketones is 2. The van der Waals surface area contributed by atoms with Crippen molar-refractivity contribution in [3.8, 4) is 0 Å². The molecule has 0 atom stereocenters. The van der Waals surface area contributed by atoms with Gasteiger partial charge in [-0.15, -0.1) is 0 Å². The fraction of sp³-hybridized carbons (Fsp3) is 0.467. The molecule has 0 spiro atoms. The minimum absolute atomic E-state index is 0.0322. The van der Waals surface area contributed by atoms with Crippen molar-refractivity contribution in [2.75, 3.05) is 13.2 Å². The molecule has 0 radical (unpaired) electrons. The average molecular weight is 248 g/mol. The van der Waals surface area contributed by atoms with Gasteiger partial charge in [0, 0.05) is 18.6 Å². The van der Waals surface area contributed by atoms with Gasteiger partial charge in [0.25, 0.3) is 0 Å². The minimum Gasteiger partial charge on any atom is -0.381 e. The van der Waals surface area contributed by atoms with Gasteiger partial charge in [-0.05, 0) is 38.0 Å². The van der Waals surface area contributed by atoms with E-state index in [0.717, 1.165) is 11.1 Å². The second-order valence-electron chi connectivity index (χ2n) is 4.38. The summed E-state index contributed by atoms with van der Waals surface area (Å²) < 4.78 is 5.09. The van der Waals surface area contributed by atoms with Crippen molar-refractivity contribution in [3.63, 3.8) is 0 Å². The Balaban J connectivity index is 2.54. The second kappa shape index (κ2) is 7.07. The van der Waals surface area contributed by atoms with Crippen LogP contribution in [-0.4, -0.2) is 24.8 Å². The molecule has 0 N–H and O–H groups in total. The molecule has 0 aliphatic carbocycles. The van der Waals surface area contributed by atoms with Crippen LogP contribution in [0.25, 0.3) is 0 Å². The Morgan fingerprint density at radius 1 is 1.17 bits per heavy atom. The molecule has 0 unspecified atom stereocenters. The Bertz CT molecular complexity index is 435. The summed E-state index contributed by atoms with van der Waals surface area (Å²) in [7, 11) is 0. The van der Waals surface area contributed by atoms with Gasteiger partial charge < -0.3 is 4.74 Å². The third-order valence-corrected chi connectivity index (χ3v) is 2.92. The second-order valence-corrected chi connectivity index (χ2v) is 4.38. The van der Waals surface area contributed by atoms with Crippen molar-refractivity contribution in [2.45, 2.75) is 33.6 Å². The molecule has 0 saturated carbocycles. The van der Waals surface area contributed by atoms with Crippen molar-refractivity contribution in [1.82, 2.24) is 0 Å². The monoisotopic (exact) mass is 248 g/mol. The van der Waals surface area contributed by atoms with Crippen molar-refractivity contribution in [3.05, 3.63) is 34.9 Å². The van der Waals surface area contributed by atoms with Gasteiger partial charge >= 0.3 is 0 Å². The molecule has 3 heteroatoms. The largest absolute Gasteiger partial charge is 0.381 e. The zero-order valence-corrected chi connectivity index (χ0v) is 11.3. The maximum absolute atomic E-state index is 11.9. The fourth-order valence-electron chi connectivity index (χ4n) is 1.61. The quantitative estimate of drug-likeness (QED) is 0.423. The molecular weight excluding hydrogens is 228 g/mol. The minimum atomic E-state index is -0.111. The summed E-state index contributed by atoms with van der Waals surface area (Å²) >= 11 is 0.